The Labute approximate surface area is 85.8 Å². The molecule has 0 bridgehead atoms. The highest BCUT2D eigenvalue weighted by Crippen LogP contribution is 2.37. The van der Waals surface area contributed by atoms with Gasteiger partial charge in [-0.25, -0.2) is 0 Å². The van der Waals surface area contributed by atoms with Crippen LogP contribution in [0.2, 0.25) is 0 Å². The first-order valence-corrected chi connectivity index (χ1v) is 5.77. The standard InChI is InChI=1S/C11H21NO2/c13-9-11(4-1-2-5-11)8-12-10-3-6-14-7-10/h10,12-13H,1-9H2. The molecule has 1 aliphatic carbocycles. The molecular weight excluding hydrogens is 178 g/mol. The molecule has 3 heteroatoms. The molecule has 1 heterocycles. The lowest BCUT2D eigenvalue weighted by molar-refractivity contribution is 0.122. The summed E-state index contributed by atoms with van der Waals surface area (Å²) in [4.78, 5) is 0. The average Bonchev–Trinajstić information content (AvgIpc) is 2.87. The van der Waals surface area contributed by atoms with Crippen molar-refractivity contribution in [3.05, 3.63) is 0 Å². The van der Waals surface area contributed by atoms with E-state index >= 15 is 0 Å². The minimum Gasteiger partial charge on any atom is -0.396 e. The third-order valence-electron chi connectivity index (χ3n) is 3.70. The molecule has 2 fully saturated rings. The molecule has 1 atom stereocenters. The van der Waals surface area contributed by atoms with E-state index in [-0.39, 0.29) is 5.41 Å². The van der Waals surface area contributed by atoms with Gasteiger partial charge in [-0.3, -0.25) is 0 Å². The Bertz CT molecular complexity index is 172. The van der Waals surface area contributed by atoms with Gasteiger partial charge < -0.3 is 15.2 Å². The van der Waals surface area contributed by atoms with Crippen molar-refractivity contribution in [1.29, 1.82) is 0 Å². The van der Waals surface area contributed by atoms with Gasteiger partial charge in [-0.2, -0.15) is 0 Å². The molecule has 1 unspecified atom stereocenters. The summed E-state index contributed by atoms with van der Waals surface area (Å²) in [6.45, 7) is 3.05. The van der Waals surface area contributed by atoms with Crippen LogP contribution in [0.25, 0.3) is 0 Å². The van der Waals surface area contributed by atoms with E-state index in [2.05, 4.69) is 5.32 Å². The maximum atomic E-state index is 9.42. The summed E-state index contributed by atoms with van der Waals surface area (Å²) >= 11 is 0. The molecule has 1 aliphatic heterocycles. The van der Waals surface area contributed by atoms with Crippen LogP contribution in [-0.2, 0) is 4.74 Å². The zero-order chi connectivity index (χ0) is 9.86. The molecule has 82 valence electrons. The number of aliphatic hydroxyl groups excluding tert-OH is 1. The van der Waals surface area contributed by atoms with E-state index in [1.54, 1.807) is 0 Å². The van der Waals surface area contributed by atoms with Crippen molar-refractivity contribution in [3.63, 3.8) is 0 Å². The molecule has 2 rings (SSSR count). The van der Waals surface area contributed by atoms with Crippen LogP contribution >= 0.6 is 0 Å². The molecule has 0 amide bonds. The van der Waals surface area contributed by atoms with Crippen LogP contribution in [-0.4, -0.2) is 37.5 Å². The largest absolute Gasteiger partial charge is 0.396 e. The Kier molecular flexibility index (Phi) is 3.42. The van der Waals surface area contributed by atoms with Gasteiger partial charge in [0, 0.05) is 31.2 Å². The Morgan fingerprint density at radius 3 is 2.71 bits per heavy atom. The molecule has 0 spiro atoms. The first kappa shape index (κ1) is 10.4. The fourth-order valence-electron chi connectivity index (χ4n) is 2.57. The predicted octanol–water partition coefficient (Wildman–Crippen LogP) is 0.918. The van der Waals surface area contributed by atoms with E-state index in [0.29, 0.717) is 12.6 Å². The van der Waals surface area contributed by atoms with E-state index in [0.717, 1.165) is 26.2 Å². The van der Waals surface area contributed by atoms with E-state index in [4.69, 9.17) is 4.74 Å². The minimum atomic E-state index is 0.183. The molecule has 0 aromatic heterocycles. The Morgan fingerprint density at radius 2 is 2.14 bits per heavy atom. The zero-order valence-electron chi connectivity index (χ0n) is 8.80. The number of rotatable bonds is 4. The summed E-state index contributed by atoms with van der Waals surface area (Å²) in [7, 11) is 0. The van der Waals surface area contributed by atoms with Gasteiger partial charge in [0.25, 0.3) is 0 Å². The second kappa shape index (κ2) is 4.60. The minimum absolute atomic E-state index is 0.183. The third kappa shape index (κ3) is 2.27. The van der Waals surface area contributed by atoms with Crippen LogP contribution < -0.4 is 5.32 Å². The maximum absolute atomic E-state index is 9.42. The normalized spacial score (nSPS) is 31.1. The van der Waals surface area contributed by atoms with Gasteiger partial charge in [-0.15, -0.1) is 0 Å². The Balaban J connectivity index is 1.76. The van der Waals surface area contributed by atoms with Gasteiger partial charge >= 0.3 is 0 Å². The quantitative estimate of drug-likeness (QED) is 0.707. The monoisotopic (exact) mass is 199 g/mol. The highest BCUT2D eigenvalue weighted by atomic mass is 16.5. The first-order valence-electron chi connectivity index (χ1n) is 5.77. The van der Waals surface area contributed by atoms with E-state index < -0.39 is 0 Å². The van der Waals surface area contributed by atoms with Crippen LogP contribution in [0.3, 0.4) is 0 Å². The molecule has 0 aromatic carbocycles. The van der Waals surface area contributed by atoms with Gasteiger partial charge in [0.2, 0.25) is 0 Å². The smallest absolute Gasteiger partial charge is 0.0620 e. The van der Waals surface area contributed by atoms with Gasteiger partial charge in [0.15, 0.2) is 0 Å². The predicted molar refractivity (Wildman–Crippen MR) is 55.2 cm³/mol. The van der Waals surface area contributed by atoms with Gasteiger partial charge in [0.05, 0.1) is 6.61 Å². The second-order valence-electron chi connectivity index (χ2n) is 4.81. The van der Waals surface area contributed by atoms with Crippen molar-refractivity contribution < 1.29 is 9.84 Å². The van der Waals surface area contributed by atoms with Crippen LogP contribution in [0.5, 0.6) is 0 Å². The maximum Gasteiger partial charge on any atom is 0.0620 e. The van der Waals surface area contributed by atoms with Crippen molar-refractivity contribution in [1.82, 2.24) is 5.32 Å². The second-order valence-corrected chi connectivity index (χ2v) is 4.81. The zero-order valence-corrected chi connectivity index (χ0v) is 8.80. The van der Waals surface area contributed by atoms with Crippen LogP contribution in [0, 0.1) is 5.41 Å². The molecule has 1 saturated carbocycles. The topological polar surface area (TPSA) is 41.5 Å². The molecule has 2 aliphatic rings. The van der Waals surface area contributed by atoms with E-state index in [1.165, 1.54) is 25.7 Å². The summed E-state index contributed by atoms with van der Waals surface area (Å²) < 4.78 is 5.31. The number of hydrogen-bond acceptors (Lipinski definition) is 3. The Morgan fingerprint density at radius 1 is 1.36 bits per heavy atom. The van der Waals surface area contributed by atoms with Crippen molar-refractivity contribution in [2.45, 2.75) is 38.1 Å². The van der Waals surface area contributed by atoms with Crippen LogP contribution in [0.4, 0.5) is 0 Å². The lowest BCUT2D eigenvalue weighted by Gasteiger charge is -2.28. The number of nitrogens with one attached hydrogen (secondary N) is 1. The fourth-order valence-corrected chi connectivity index (χ4v) is 2.57. The highest BCUT2D eigenvalue weighted by molar-refractivity contribution is 4.87. The Hall–Kier alpha value is -0.120. The molecule has 0 aromatic rings. The SMILES string of the molecule is OCC1(CNC2CCOC2)CCCC1. The van der Waals surface area contributed by atoms with Gasteiger partial charge in [-0.1, -0.05) is 12.8 Å². The van der Waals surface area contributed by atoms with Gasteiger partial charge in [-0.05, 0) is 19.3 Å². The van der Waals surface area contributed by atoms with Crippen LogP contribution in [0.1, 0.15) is 32.1 Å². The number of ether oxygens (including phenoxy) is 1. The van der Waals surface area contributed by atoms with Crippen LogP contribution in [0.15, 0.2) is 0 Å². The first-order chi connectivity index (χ1) is 6.85. The number of aliphatic hydroxyl groups is 1. The molecule has 2 N–H and O–H groups in total. The van der Waals surface area contributed by atoms with Crippen molar-refractivity contribution >= 4 is 0 Å². The summed E-state index contributed by atoms with van der Waals surface area (Å²) in [6, 6.07) is 0.527. The molecule has 1 saturated heterocycles. The summed E-state index contributed by atoms with van der Waals surface area (Å²) in [5.74, 6) is 0. The fraction of sp³-hybridized carbons (Fsp3) is 1.00. The lowest BCUT2D eigenvalue weighted by Crippen LogP contribution is -2.40. The lowest BCUT2D eigenvalue weighted by atomic mass is 9.87. The van der Waals surface area contributed by atoms with Crippen molar-refractivity contribution in [3.8, 4) is 0 Å². The van der Waals surface area contributed by atoms with E-state index in [9.17, 15) is 5.11 Å². The van der Waals surface area contributed by atoms with E-state index in [1.807, 2.05) is 0 Å². The summed E-state index contributed by atoms with van der Waals surface area (Å²) in [5.41, 5.74) is 0.183. The van der Waals surface area contributed by atoms with Crippen molar-refractivity contribution in [2.75, 3.05) is 26.4 Å². The average molecular weight is 199 g/mol. The molecule has 0 radical (unpaired) electrons. The number of hydrogen-bond donors (Lipinski definition) is 2. The third-order valence-corrected chi connectivity index (χ3v) is 3.70. The molecule has 3 nitrogen and oxygen atoms in total. The van der Waals surface area contributed by atoms with Crippen molar-refractivity contribution in [2.24, 2.45) is 5.41 Å². The summed E-state index contributed by atoms with van der Waals surface area (Å²) in [5, 5.41) is 12.9. The highest BCUT2D eigenvalue weighted by Gasteiger charge is 2.33. The molecule has 14 heavy (non-hydrogen) atoms. The van der Waals surface area contributed by atoms with Gasteiger partial charge in [0.1, 0.15) is 0 Å². The summed E-state index contributed by atoms with van der Waals surface area (Å²) in [6.07, 6.45) is 6.06. The molecular formula is C11H21NO2.